The summed E-state index contributed by atoms with van der Waals surface area (Å²) >= 11 is 1.42. The van der Waals surface area contributed by atoms with Gasteiger partial charge in [-0.1, -0.05) is 12.2 Å². The molecule has 3 rings (SSSR count). The molecule has 1 heterocycles. The van der Waals surface area contributed by atoms with Gasteiger partial charge in [-0.05, 0) is 32.1 Å². The van der Waals surface area contributed by atoms with E-state index in [1.165, 1.54) is 11.3 Å². The van der Waals surface area contributed by atoms with Gasteiger partial charge in [0.2, 0.25) is 5.91 Å². The summed E-state index contributed by atoms with van der Waals surface area (Å²) in [6.07, 6.45) is 4.68. The highest BCUT2D eigenvalue weighted by Gasteiger charge is 2.51. The molecule has 1 aromatic heterocycles. The van der Waals surface area contributed by atoms with Crippen LogP contribution in [0.15, 0.2) is 12.2 Å². The molecule has 1 aromatic rings. The number of nitrogens with one attached hydrogen (secondary N) is 1. The van der Waals surface area contributed by atoms with Gasteiger partial charge in [0.1, 0.15) is 0 Å². The van der Waals surface area contributed by atoms with Gasteiger partial charge in [-0.15, -0.1) is 11.3 Å². The molecule has 20 heavy (non-hydrogen) atoms. The SMILES string of the molecule is Cc1nc(NC(=O)[C@H]2[C@@H](C(=O)O)[C@H]3C=C[C@H]2C3)sc1C. The third kappa shape index (κ3) is 2.04. The van der Waals surface area contributed by atoms with Crippen molar-refractivity contribution in [3.8, 4) is 0 Å². The van der Waals surface area contributed by atoms with Crippen molar-refractivity contribution in [2.45, 2.75) is 20.3 Å². The first kappa shape index (κ1) is 13.3. The van der Waals surface area contributed by atoms with Gasteiger partial charge in [0.15, 0.2) is 5.13 Å². The minimum Gasteiger partial charge on any atom is -0.481 e. The van der Waals surface area contributed by atoms with Gasteiger partial charge < -0.3 is 10.4 Å². The van der Waals surface area contributed by atoms with Crippen molar-refractivity contribution in [2.24, 2.45) is 23.7 Å². The average Bonchev–Trinajstić information content (AvgIpc) is 3.04. The molecule has 1 saturated carbocycles. The van der Waals surface area contributed by atoms with E-state index in [0.29, 0.717) is 5.13 Å². The van der Waals surface area contributed by atoms with Gasteiger partial charge in [0, 0.05) is 4.88 Å². The van der Waals surface area contributed by atoms with E-state index in [4.69, 9.17) is 0 Å². The van der Waals surface area contributed by atoms with Gasteiger partial charge in [0.05, 0.1) is 17.5 Å². The highest BCUT2D eigenvalue weighted by Crippen LogP contribution is 2.48. The zero-order chi connectivity index (χ0) is 14.4. The summed E-state index contributed by atoms with van der Waals surface area (Å²) in [6.45, 7) is 3.84. The lowest BCUT2D eigenvalue weighted by Gasteiger charge is -2.23. The van der Waals surface area contributed by atoms with Crippen LogP contribution in [-0.4, -0.2) is 22.0 Å². The second-order valence-electron chi connectivity index (χ2n) is 5.49. The summed E-state index contributed by atoms with van der Waals surface area (Å²) in [7, 11) is 0. The van der Waals surface area contributed by atoms with Gasteiger partial charge in [-0.3, -0.25) is 9.59 Å². The maximum Gasteiger partial charge on any atom is 0.307 e. The van der Waals surface area contributed by atoms with Gasteiger partial charge in [-0.25, -0.2) is 4.98 Å². The molecule has 0 aromatic carbocycles. The number of hydrogen-bond acceptors (Lipinski definition) is 4. The number of carbonyl (C=O) groups is 2. The minimum absolute atomic E-state index is 0.00647. The summed E-state index contributed by atoms with van der Waals surface area (Å²) in [5.74, 6) is -2.15. The lowest BCUT2D eigenvalue weighted by molar-refractivity contribution is -0.146. The molecule has 1 fully saturated rings. The molecule has 0 radical (unpaired) electrons. The Morgan fingerprint density at radius 1 is 1.30 bits per heavy atom. The number of aryl methyl sites for hydroxylation is 2. The molecule has 6 heteroatoms. The molecule has 0 aliphatic heterocycles. The smallest absolute Gasteiger partial charge is 0.307 e. The standard InChI is InChI=1S/C14H16N2O3S/c1-6-7(2)20-14(15-6)16-12(17)10-8-3-4-9(5-8)11(10)13(18)19/h3-4,8-11H,5H2,1-2H3,(H,18,19)(H,15,16,17)/t8-,9-,10+,11-/m0/s1. The maximum atomic E-state index is 12.4. The van der Waals surface area contributed by atoms with Crippen molar-refractivity contribution in [1.82, 2.24) is 4.98 Å². The van der Waals surface area contributed by atoms with Crippen LogP contribution in [0.5, 0.6) is 0 Å². The number of aromatic nitrogens is 1. The summed E-state index contributed by atoms with van der Waals surface area (Å²) in [5.41, 5.74) is 0.896. The number of carbonyl (C=O) groups excluding carboxylic acids is 1. The molecule has 2 aliphatic rings. The van der Waals surface area contributed by atoms with E-state index in [0.717, 1.165) is 17.0 Å². The Bertz CT molecular complexity index is 588. The fourth-order valence-corrected chi connectivity index (χ4v) is 4.05. The second-order valence-corrected chi connectivity index (χ2v) is 6.69. The molecule has 2 bridgehead atoms. The molecule has 0 saturated heterocycles. The number of nitrogens with zero attached hydrogens (tertiary/aromatic N) is 1. The molecular weight excluding hydrogens is 276 g/mol. The number of allylic oxidation sites excluding steroid dienone is 2. The first-order valence-electron chi connectivity index (χ1n) is 6.63. The predicted molar refractivity (Wildman–Crippen MR) is 75.6 cm³/mol. The van der Waals surface area contributed by atoms with Crippen molar-refractivity contribution >= 4 is 28.3 Å². The Morgan fingerprint density at radius 3 is 2.50 bits per heavy atom. The Morgan fingerprint density at radius 2 is 1.95 bits per heavy atom. The van der Waals surface area contributed by atoms with Crippen LogP contribution < -0.4 is 5.32 Å². The lowest BCUT2D eigenvalue weighted by Crippen LogP contribution is -2.36. The number of anilines is 1. The van der Waals surface area contributed by atoms with Crippen molar-refractivity contribution in [1.29, 1.82) is 0 Å². The van der Waals surface area contributed by atoms with E-state index < -0.39 is 17.8 Å². The van der Waals surface area contributed by atoms with Crippen molar-refractivity contribution in [3.05, 3.63) is 22.7 Å². The molecule has 4 atom stereocenters. The number of carboxylic acid groups (broad SMARTS) is 1. The Hall–Kier alpha value is -1.69. The van der Waals surface area contributed by atoms with Crippen molar-refractivity contribution in [3.63, 3.8) is 0 Å². The number of rotatable bonds is 3. The van der Waals surface area contributed by atoms with Crippen LogP contribution in [0.25, 0.3) is 0 Å². The second kappa shape index (κ2) is 4.70. The van der Waals surface area contributed by atoms with Gasteiger partial charge >= 0.3 is 5.97 Å². The van der Waals surface area contributed by atoms with E-state index in [1.807, 2.05) is 26.0 Å². The largest absolute Gasteiger partial charge is 0.481 e. The summed E-state index contributed by atoms with van der Waals surface area (Å²) < 4.78 is 0. The number of fused-ring (bicyclic) bond motifs is 2. The zero-order valence-corrected chi connectivity index (χ0v) is 12.1. The molecule has 5 nitrogen and oxygen atoms in total. The first-order valence-corrected chi connectivity index (χ1v) is 7.45. The molecule has 1 amide bonds. The van der Waals surface area contributed by atoms with Crippen LogP contribution in [0, 0.1) is 37.5 Å². The molecule has 2 aliphatic carbocycles. The third-order valence-electron chi connectivity index (χ3n) is 4.31. The molecule has 0 unspecified atom stereocenters. The normalized spacial score (nSPS) is 30.7. The Labute approximate surface area is 120 Å². The van der Waals surface area contributed by atoms with Crippen molar-refractivity contribution < 1.29 is 14.7 Å². The van der Waals surface area contributed by atoms with Crippen LogP contribution in [0.2, 0.25) is 0 Å². The monoisotopic (exact) mass is 292 g/mol. The predicted octanol–water partition coefficient (Wildman–Crippen LogP) is 2.22. The molecule has 0 spiro atoms. The van der Waals surface area contributed by atoms with Crippen LogP contribution in [0.3, 0.4) is 0 Å². The van der Waals surface area contributed by atoms with E-state index in [2.05, 4.69) is 10.3 Å². The van der Waals surface area contributed by atoms with E-state index in [9.17, 15) is 14.7 Å². The topological polar surface area (TPSA) is 79.3 Å². The molecule has 106 valence electrons. The Balaban J connectivity index is 1.79. The minimum atomic E-state index is -0.881. The third-order valence-corrected chi connectivity index (χ3v) is 5.29. The highest BCUT2D eigenvalue weighted by molar-refractivity contribution is 7.15. The highest BCUT2D eigenvalue weighted by atomic mass is 32.1. The maximum absolute atomic E-state index is 12.4. The van der Waals surface area contributed by atoms with E-state index in [1.54, 1.807) is 0 Å². The van der Waals surface area contributed by atoms with Crippen LogP contribution in [0.4, 0.5) is 5.13 Å². The van der Waals surface area contributed by atoms with Gasteiger partial charge in [0.25, 0.3) is 0 Å². The van der Waals surface area contributed by atoms with Crippen LogP contribution >= 0.6 is 11.3 Å². The Kier molecular flexibility index (Phi) is 3.12. The zero-order valence-electron chi connectivity index (χ0n) is 11.3. The quantitative estimate of drug-likeness (QED) is 0.837. The number of carboxylic acids is 1. The summed E-state index contributed by atoms with van der Waals surface area (Å²) in [6, 6.07) is 0. The lowest BCUT2D eigenvalue weighted by atomic mass is 9.82. The average molecular weight is 292 g/mol. The number of thiazole rings is 1. The number of aliphatic carboxylic acids is 1. The fourth-order valence-electron chi connectivity index (χ4n) is 3.23. The first-order chi connectivity index (χ1) is 9.47. The molecule has 2 N–H and O–H groups in total. The van der Waals surface area contributed by atoms with Crippen LogP contribution in [0.1, 0.15) is 17.0 Å². The number of hydrogen-bond donors (Lipinski definition) is 2. The molecular formula is C14H16N2O3S. The van der Waals surface area contributed by atoms with Gasteiger partial charge in [-0.2, -0.15) is 0 Å². The number of amides is 1. The summed E-state index contributed by atoms with van der Waals surface area (Å²) in [4.78, 5) is 29.1. The summed E-state index contributed by atoms with van der Waals surface area (Å²) in [5, 5.41) is 12.7. The van der Waals surface area contributed by atoms with Crippen molar-refractivity contribution in [2.75, 3.05) is 5.32 Å². The van der Waals surface area contributed by atoms with E-state index in [-0.39, 0.29) is 17.7 Å². The fraction of sp³-hybridized carbons (Fsp3) is 0.500. The van der Waals surface area contributed by atoms with Crippen LogP contribution in [-0.2, 0) is 9.59 Å². The van der Waals surface area contributed by atoms with E-state index >= 15 is 0 Å².